The number of imidazole rings is 1. The monoisotopic (exact) mass is 279 g/mol. The Morgan fingerprint density at radius 1 is 1.24 bits per heavy atom. The maximum atomic E-state index is 12.2. The van der Waals surface area contributed by atoms with Gasteiger partial charge in [0.05, 0.1) is 17.4 Å². The van der Waals surface area contributed by atoms with Crippen LogP contribution < -0.4 is 5.32 Å². The Morgan fingerprint density at radius 3 is 2.86 bits per heavy atom. The molecule has 3 rings (SSSR count). The molecule has 0 saturated carbocycles. The fourth-order valence-electron chi connectivity index (χ4n) is 2.36. The molecule has 4 heteroatoms. The minimum absolute atomic E-state index is 0.0780. The largest absolute Gasteiger partial charge is 0.348 e. The highest BCUT2D eigenvalue weighted by Gasteiger charge is 2.08. The Kier molecular flexibility index (Phi) is 3.44. The highest BCUT2D eigenvalue weighted by molar-refractivity contribution is 5.97. The van der Waals surface area contributed by atoms with E-state index in [1.807, 2.05) is 61.0 Å². The van der Waals surface area contributed by atoms with Crippen LogP contribution >= 0.6 is 0 Å². The average Bonchev–Trinajstić information content (AvgIpc) is 2.87. The summed E-state index contributed by atoms with van der Waals surface area (Å²) in [5, 5.41) is 2.95. The number of nitrogens with one attached hydrogen (secondary N) is 1. The number of aromatic nitrogens is 2. The zero-order valence-electron chi connectivity index (χ0n) is 12.1. The number of carbonyl (C=O) groups excluding carboxylic acids is 1. The minimum Gasteiger partial charge on any atom is -0.348 e. The Balaban J connectivity index is 1.76. The molecule has 0 aliphatic rings. The van der Waals surface area contributed by atoms with Gasteiger partial charge in [0, 0.05) is 19.2 Å². The number of carbonyl (C=O) groups is 1. The van der Waals surface area contributed by atoms with Gasteiger partial charge in [-0.15, -0.1) is 0 Å². The van der Waals surface area contributed by atoms with Crippen LogP contribution in [0.5, 0.6) is 0 Å². The lowest BCUT2D eigenvalue weighted by Crippen LogP contribution is -2.23. The predicted molar refractivity (Wildman–Crippen MR) is 83.1 cm³/mol. The second kappa shape index (κ2) is 5.40. The molecule has 0 bridgehead atoms. The third kappa shape index (κ3) is 2.65. The predicted octanol–water partition coefficient (Wildman–Crippen LogP) is 2.81. The van der Waals surface area contributed by atoms with Crippen LogP contribution in [-0.2, 0) is 13.6 Å². The van der Waals surface area contributed by atoms with Crippen LogP contribution in [0.4, 0.5) is 0 Å². The van der Waals surface area contributed by atoms with E-state index >= 15 is 0 Å². The highest BCUT2D eigenvalue weighted by Crippen LogP contribution is 2.14. The molecule has 4 nitrogen and oxygen atoms in total. The van der Waals surface area contributed by atoms with Gasteiger partial charge < -0.3 is 9.88 Å². The van der Waals surface area contributed by atoms with Crippen LogP contribution in [0.25, 0.3) is 11.0 Å². The molecule has 3 aromatic rings. The summed E-state index contributed by atoms with van der Waals surface area (Å²) in [6.07, 6.45) is 1.75. The Bertz CT molecular complexity index is 805. The van der Waals surface area contributed by atoms with Gasteiger partial charge in [-0.3, -0.25) is 4.79 Å². The van der Waals surface area contributed by atoms with Crippen molar-refractivity contribution in [3.05, 3.63) is 65.5 Å². The van der Waals surface area contributed by atoms with Crippen molar-refractivity contribution in [3.63, 3.8) is 0 Å². The molecule has 0 spiro atoms. The lowest BCUT2D eigenvalue weighted by molar-refractivity contribution is 0.0951. The SMILES string of the molecule is Cc1ccccc1CNC(=O)c1ccc2c(c1)ncn2C. The van der Waals surface area contributed by atoms with Gasteiger partial charge in [-0.1, -0.05) is 24.3 Å². The van der Waals surface area contributed by atoms with E-state index in [0.717, 1.165) is 16.6 Å². The molecule has 0 radical (unpaired) electrons. The Morgan fingerprint density at radius 2 is 2.05 bits per heavy atom. The molecule has 0 fully saturated rings. The van der Waals surface area contributed by atoms with Gasteiger partial charge in [-0.25, -0.2) is 4.98 Å². The van der Waals surface area contributed by atoms with E-state index in [9.17, 15) is 4.79 Å². The van der Waals surface area contributed by atoms with E-state index in [0.29, 0.717) is 12.1 Å². The third-order valence-electron chi connectivity index (χ3n) is 3.69. The molecule has 2 aromatic carbocycles. The number of hydrogen-bond donors (Lipinski definition) is 1. The van der Waals surface area contributed by atoms with Crippen molar-refractivity contribution in [2.75, 3.05) is 0 Å². The first kappa shape index (κ1) is 13.4. The van der Waals surface area contributed by atoms with Gasteiger partial charge in [0.1, 0.15) is 0 Å². The number of fused-ring (bicyclic) bond motifs is 1. The summed E-state index contributed by atoms with van der Waals surface area (Å²) in [5.74, 6) is -0.0780. The molecule has 1 heterocycles. The summed E-state index contributed by atoms with van der Waals surface area (Å²) in [6.45, 7) is 2.58. The normalized spacial score (nSPS) is 10.8. The first-order valence-electron chi connectivity index (χ1n) is 6.89. The molecule has 1 amide bonds. The molecule has 21 heavy (non-hydrogen) atoms. The minimum atomic E-state index is -0.0780. The summed E-state index contributed by atoms with van der Waals surface area (Å²) >= 11 is 0. The quantitative estimate of drug-likeness (QED) is 0.801. The zero-order chi connectivity index (χ0) is 14.8. The summed E-state index contributed by atoms with van der Waals surface area (Å²) in [5.41, 5.74) is 4.80. The lowest BCUT2D eigenvalue weighted by Gasteiger charge is -2.08. The summed E-state index contributed by atoms with van der Waals surface area (Å²) in [4.78, 5) is 16.5. The van der Waals surface area contributed by atoms with E-state index in [1.54, 1.807) is 6.33 Å². The average molecular weight is 279 g/mol. The van der Waals surface area contributed by atoms with Crippen molar-refractivity contribution >= 4 is 16.9 Å². The van der Waals surface area contributed by atoms with E-state index in [4.69, 9.17) is 0 Å². The van der Waals surface area contributed by atoms with Crippen LogP contribution in [0.2, 0.25) is 0 Å². The summed E-state index contributed by atoms with van der Waals surface area (Å²) < 4.78 is 1.93. The zero-order valence-corrected chi connectivity index (χ0v) is 12.1. The van der Waals surface area contributed by atoms with Crippen LogP contribution in [-0.4, -0.2) is 15.5 Å². The second-order valence-corrected chi connectivity index (χ2v) is 5.17. The molecule has 1 aromatic heterocycles. The number of hydrogen-bond acceptors (Lipinski definition) is 2. The van der Waals surface area contributed by atoms with Gasteiger partial charge in [0.25, 0.3) is 5.91 Å². The van der Waals surface area contributed by atoms with Gasteiger partial charge in [0.15, 0.2) is 0 Å². The number of aryl methyl sites for hydroxylation is 2. The molecule has 0 saturated heterocycles. The molecule has 0 atom stereocenters. The summed E-state index contributed by atoms with van der Waals surface area (Å²) in [7, 11) is 1.94. The van der Waals surface area contributed by atoms with Crippen molar-refractivity contribution in [1.29, 1.82) is 0 Å². The standard InChI is InChI=1S/C17H17N3O/c1-12-5-3-4-6-14(12)10-18-17(21)13-7-8-16-15(9-13)19-11-20(16)2/h3-9,11H,10H2,1-2H3,(H,18,21). The molecular weight excluding hydrogens is 262 g/mol. The lowest BCUT2D eigenvalue weighted by atomic mass is 10.1. The highest BCUT2D eigenvalue weighted by atomic mass is 16.1. The number of nitrogens with zero attached hydrogens (tertiary/aromatic N) is 2. The van der Waals surface area contributed by atoms with Crippen LogP contribution in [0.3, 0.4) is 0 Å². The van der Waals surface area contributed by atoms with Gasteiger partial charge >= 0.3 is 0 Å². The Labute approximate surface area is 123 Å². The van der Waals surface area contributed by atoms with E-state index in [-0.39, 0.29) is 5.91 Å². The second-order valence-electron chi connectivity index (χ2n) is 5.17. The van der Waals surface area contributed by atoms with Crippen molar-refractivity contribution < 1.29 is 4.79 Å². The number of amides is 1. The van der Waals surface area contributed by atoms with Crippen molar-refractivity contribution in [2.24, 2.45) is 7.05 Å². The van der Waals surface area contributed by atoms with Crippen molar-refractivity contribution in [2.45, 2.75) is 13.5 Å². The van der Waals surface area contributed by atoms with Crippen LogP contribution in [0, 0.1) is 6.92 Å². The van der Waals surface area contributed by atoms with Gasteiger partial charge in [0.2, 0.25) is 0 Å². The molecule has 106 valence electrons. The fraction of sp³-hybridized carbons (Fsp3) is 0.176. The Hall–Kier alpha value is -2.62. The smallest absolute Gasteiger partial charge is 0.251 e. The maximum absolute atomic E-state index is 12.2. The summed E-state index contributed by atoms with van der Waals surface area (Å²) in [6, 6.07) is 13.6. The fourth-order valence-corrected chi connectivity index (χ4v) is 2.36. The van der Waals surface area contributed by atoms with Crippen molar-refractivity contribution in [1.82, 2.24) is 14.9 Å². The molecule has 0 unspecified atom stereocenters. The van der Waals surface area contributed by atoms with E-state index < -0.39 is 0 Å². The number of rotatable bonds is 3. The maximum Gasteiger partial charge on any atom is 0.251 e. The molecular formula is C17H17N3O. The third-order valence-corrected chi connectivity index (χ3v) is 3.69. The molecule has 0 aliphatic heterocycles. The van der Waals surface area contributed by atoms with E-state index in [1.165, 1.54) is 5.56 Å². The first-order chi connectivity index (χ1) is 10.1. The van der Waals surface area contributed by atoms with Crippen LogP contribution in [0.15, 0.2) is 48.8 Å². The van der Waals surface area contributed by atoms with E-state index in [2.05, 4.69) is 10.3 Å². The van der Waals surface area contributed by atoms with Gasteiger partial charge in [-0.2, -0.15) is 0 Å². The molecule has 1 N–H and O–H groups in total. The van der Waals surface area contributed by atoms with Crippen molar-refractivity contribution in [3.8, 4) is 0 Å². The van der Waals surface area contributed by atoms with Crippen LogP contribution in [0.1, 0.15) is 21.5 Å². The molecule has 0 aliphatic carbocycles. The topological polar surface area (TPSA) is 46.9 Å². The first-order valence-corrected chi connectivity index (χ1v) is 6.89. The van der Waals surface area contributed by atoms with Gasteiger partial charge in [-0.05, 0) is 36.2 Å². The number of benzene rings is 2.